The fourth-order valence-electron chi connectivity index (χ4n) is 1.72. The molecule has 1 saturated heterocycles. The molecule has 15 heavy (non-hydrogen) atoms. The van der Waals surface area contributed by atoms with Gasteiger partial charge in [0.1, 0.15) is 0 Å². The number of aromatic nitrogens is 1. The lowest BCUT2D eigenvalue weighted by molar-refractivity contribution is 0.0699. The zero-order valence-corrected chi connectivity index (χ0v) is 10.2. The molecule has 3 nitrogen and oxygen atoms in total. The van der Waals surface area contributed by atoms with Crippen molar-refractivity contribution in [3.05, 3.63) is 22.9 Å². The van der Waals surface area contributed by atoms with Crippen LogP contribution in [0.2, 0.25) is 0 Å². The molecule has 1 N–H and O–H groups in total. The van der Waals surface area contributed by atoms with Crippen molar-refractivity contribution in [2.45, 2.75) is 12.8 Å². The Morgan fingerprint density at radius 2 is 2.27 bits per heavy atom. The van der Waals surface area contributed by atoms with Gasteiger partial charge in [-0.2, -0.15) is 0 Å². The fourth-order valence-corrected chi connectivity index (χ4v) is 2.11. The fraction of sp³-hybridized carbons (Fsp3) is 0.545. The van der Waals surface area contributed by atoms with Crippen molar-refractivity contribution in [1.82, 2.24) is 4.98 Å². The maximum absolute atomic E-state index is 5.33. The van der Waals surface area contributed by atoms with Gasteiger partial charge in [0.05, 0.1) is 10.2 Å². The van der Waals surface area contributed by atoms with E-state index in [2.05, 4.69) is 26.2 Å². The molecule has 1 aliphatic rings. The van der Waals surface area contributed by atoms with Crippen LogP contribution in [-0.2, 0) is 4.74 Å². The third-order valence-corrected chi connectivity index (χ3v) is 3.33. The minimum Gasteiger partial charge on any atom is -0.384 e. The number of ether oxygens (including phenoxy) is 1. The molecule has 0 bridgehead atoms. The van der Waals surface area contributed by atoms with Crippen molar-refractivity contribution in [2.75, 3.05) is 25.1 Å². The normalized spacial score (nSPS) is 17.7. The largest absolute Gasteiger partial charge is 0.384 e. The summed E-state index contributed by atoms with van der Waals surface area (Å²) in [6.07, 6.45) is 5.94. The lowest BCUT2D eigenvalue weighted by Gasteiger charge is -2.22. The first-order valence-corrected chi connectivity index (χ1v) is 6.06. The number of anilines is 1. The van der Waals surface area contributed by atoms with Gasteiger partial charge in [-0.1, -0.05) is 0 Å². The van der Waals surface area contributed by atoms with Crippen LogP contribution in [0.5, 0.6) is 0 Å². The maximum Gasteiger partial charge on any atom is 0.0590 e. The van der Waals surface area contributed by atoms with E-state index in [1.165, 1.54) is 0 Å². The summed E-state index contributed by atoms with van der Waals surface area (Å²) in [5, 5.41) is 3.44. The van der Waals surface area contributed by atoms with E-state index in [1.54, 1.807) is 6.20 Å². The topological polar surface area (TPSA) is 34.2 Å². The van der Waals surface area contributed by atoms with Gasteiger partial charge in [-0.15, -0.1) is 0 Å². The molecule has 0 amide bonds. The number of pyridine rings is 1. The summed E-state index contributed by atoms with van der Waals surface area (Å²) < 4.78 is 6.35. The molecule has 0 spiro atoms. The quantitative estimate of drug-likeness (QED) is 0.917. The number of hydrogen-bond acceptors (Lipinski definition) is 3. The highest BCUT2D eigenvalue weighted by Gasteiger charge is 2.13. The molecule has 1 aliphatic heterocycles. The Morgan fingerprint density at radius 3 is 3.00 bits per heavy atom. The molecule has 4 heteroatoms. The number of halogens is 1. The summed E-state index contributed by atoms with van der Waals surface area (Å²) in [6.45, 7) is 2.83. The van der Waals surface area contributed by atoms with E-state index < -0.39 is 0 Å². The molecule has 0 radical (unpaired) electrons. The van der Waals surface area contributed by atoms with Gasteiger partial charge in [-0.05, 0) is 40.8 Å². The summed E-state index contributed by atoms with van der Waals surface area (Å²) in [7, 11) is 0. The van der Waals surface area contributed by atoms with Crippen LogP contribution in [-0.4, -0.2) is 24.7 Å². The van der Waals surface area contributed by atoms with E-state index >= 15 is 0 Å². The van der Waals surface area contributed by atoms with Crippen LogP contribution in [0.3, 0.4) is 0 Å². The lowest BCUT2D eigenvalue weighted by atomic mass is 10.0. The molecule has 1 fully saturated rings. The van der Waals surface area contributed by atoms with E-state index in [4.69, 9.17) is 4.74 Å². The zero-order valence-electron chi connectivity index (χ0n) is 8.58. The third kappa shape index (κ3) is 3.18. The van der Waals surface area contributed by atoms with Crippen LogP contribution in [0.4, 0.5) is 5.69 Å². The molecule has 1 aromatic heterocycles. The Hall–Kier alpha value is -0.610. The average molecular weight is 271 g/mol. The SMILES string of the molecule is Brc1cnccc1NCC1CCOCC1. The zero-order chi connectivity index (χ0) is 10.5. The third-order valence-electron chi connectivity index (χ3n) is 2.69. The van der Waals surface area contributed by atoms with Gasteiger partial charge < -0.3 is 10.1 Å². The predicted molar refractivity (Wildman–Crippen MR) is 64.0 cm³/mol. The van der Waals surface area contributed by atoms with Crippen LogP contribution in [0.1, 0.15) is 12.8 Å². The highest BCUT2D eigenvalue weighted by molar-refractivity contribution is 9.10. The molecule has 0 aliphatic carbocycles. The Labute approximate surface area is 98.4 Å². The lowest BCUT2D eigenvalue weighted by Crippen LogP contribution is -2.22. The molecule has 2 heterocycles. The van der Waals surface area contributed by atoms with Crippen LogP contribution >= 0.6 is 15.9 Å². The Kier molecular flexibility index (Phi) is 3.97. The first-order chi connectivity index (χ1) is 7.36. The summed E-state index contributed by atoms with van der Waals surface area (Å²) in [4.78, 5) is 4.03. The first-order valence-electron chi connectivity index (χ1n) is 5.27. The molecular formula is C11H15BrN2O. The van der Waals surface area contributed by atoms with Crippen LogP contribution in [0, 0.1) is 5.92 Å². The number of nitrogens with one attached hydrogen (secondary N) is 1. The van der Waals surface area contributed by atoms with Gasteiger partial charge in [0, 0.05) is 32.2 Å². The summed E-state index contributed by atoms with van der Waals surface area (Å²) >= 11 is 3.47. The Balaban J connectivity index is 1.84. The van der Waals surface area contributed by atoms with E-state index in [0.717, 1.165) is 48.7 Å². The molecule has 0 aromatic carbocycles. The van der Waals surface area contributed by atoms with E-state index in [0.29, 0.717) is 0 Å². The molecule has 1 aromatic rings. The van der Waals surface area contributed by atoms with Gasteiger partial charge in [0.2, 0.25) is 0 Å². The van der Waals surface area contributed by atoms with Crippen molar-refractivity contribution in [2.24, 2.45) is 5.92 Å². The van der Waals surface area contributed by atoms with Crippen molar-refractivity contribution in [1.29, 1.82) is 0 Å². The molecule has 2 rings (SSSR count). The first kappa shape index (κ1) is 10.9. The van der Waals surface area contributed by atoms with Gasteiger partial charge in [0.15, 0.2) is 0 Å². The number of rotatable bonds is 3. The number of nitrogens with zero attached hydrogens (tertiary/aromatic N) is 1. The van der Waals surface area contributed by atoms with Crippen molar-refractivity contribution >= 4 is 21.6 Å². The van der Waals surface area contributed by atoms with Gasteiger partial charge in [-0.25, -0.2) is 0 Å². The van der Waals surface area contributed by atoms with E-state index in [9.17, 15) is 0 Å². The van der Waals surface area contributed by atoms with Crippen LogP contribution < -0.4 is 5.32 Å². The minimum absolute atomic E-state index is 0.735. The number of hydrogen-bond donors (Lipinski definition) is 1. The molecule has 0 unspecified atom stereocenters. The van der Waals surface area contributed by atoms with Crippen LogP contribution in [0.25, 0.3) is 0 Å². The second kappa shape index (κ2) is 5.47. The van der Waals surface area contributed by atoms with Gasteiger partial charge >= 0.3 is 0 Å². The monoisotopic (exact) mass is 270 g/mol. The van der Waals surface area contributed by atoms with Crippen molar-refractivity contribution in [3.8, 4) is 0 Å². The predicted octanol–water partition coefficient (Wildman–Crippen LogP) is 2.68. The van der Waals surface area contributed by atoms with Crippen molar-refractivity contribution in [3.63, 3.8) is 0 Å². The average Bonchev–Trinajstić information content (AvgIpc) is 2.29. The second-order valence-corrected chi connectivity index (χ2v) is 4.65. The maximum atomic E-state index is 5.33. The Bertz CT molecular complexity index is 313. The molecule has 0 saturated carbocycles. The highest BCUT2D eigenvalue weighted by Crippen LogP contribution is 2.22. The summed E-state index contributed by atoms with van der Waals surface area (Å²) in [5.41, 5.74) is 1.12. The summed E-state index contributed by atoms with van der Waals surface area (Å²) in [5.74, 6) is 0.735. The highest BCUT2D eigenvalue weighted by atomic mass is 79.9. The van der Waals surface area contributed by atoms with Crippen molar-refractivity contribution < 1.29 is 4.74 Å². The van der Waals surface area contributed by atoms with Crippen LogP contribution in [0.15, 0.2) is 22.9 Å². The minimum atomic E-state index is 0.735. The molecular weight excluding hydrogens is 256 g/mol. The smallest absolute Gasteiger partial charge is 0.0590 e. The van der Waals surface area contributed by atoms with E-state index in [-0.39, 0.29) is 0 Å². The summed E-state index contributed by atoms with van der Waals surface area (Å²) in [6, 6.07) is 1.99. The Morgan fingerprint density at radius 1 is 1.47 bits per heavy atom. The second-order valence-electron chi connectivity index (χ2n) is 3.79. The standard InChI is InChI=1S/C11H15BrN2O/c12-10-8-13-4-1-11(10)14-7-9-2-5-15-6-3-9/h1,4,8-9H,2-3,5-7H2,(H,13,14). The molecule has 0 atom stereocenters. The van der Waals surface area contributed by atoms with Gasteiger partial charge in [0.25, 0.3) is 0 Å². The molecule has 82 valence electrons. The van der Waals surface area contributed by atoms with E-state index in [1.807, 2.05) is 12.3 Å². The van der Waals surface area contributed by atoms with Gasteiger partial charge in [-0.3, -0.25) is 4.98 Å².